The quantitative estimate of drug-likeness (QED) is 0.755. The maximum atomic E-state index is 12.8. The number of carbonyl (C=O) groups excluding carboxylic acids is 2. The molecule has 7 heteroatoms. The Kier molecular flexibility index (Phi) is 4.19. The molecule has 0 aliphatic carbocycles. The molecule has 0 spiro atoms. The normalized spacial score (nSPS) is 9.69. The van der Waals surface area contributed by atoms with E-state index in [0.717, 1.165) is 12.3 Å². The average molecular weight is 246 g/mol. The van der Waals surface area contributed by atoms with Gasteiger partial charge in [-0.25, -0.2) is 9.37 Å². The van der Waals surface area contributed by atoms with Crippen LogP contribution in [0.2, 0.25) is 5.15 Å². The number of hydrogen-bond acceptors (Lipinski definition) is 3. The van der Waals surface area contributed by atoms with Crippen molar-refractivity contribution in [1.82, 2.24) is 15.6 Å². The zero-order valence-electron chi connectivity index (χ0n) is 8.38. The van der Waals surface area contributed by atoms with Gasteiger partial charge in [-0.15, -0.1) is 0 Å². The second-order valence-corrected chi connectivity index (χ2v) is 3.21. The number of aromatic nitrogens is 1. The summed E-state index contributed by atoms with van der Waals surface area (Å²) in [5.74, 6) is -1.69. The Morgan fingerprint density at radius 2 is 2.25 bits per heavy atom. The molecule has 1 rings (SSSR count). The minimum atomic E-state index is -0.672. The van der Waals surface area contributed by atoms with Gasteiger partial charge in [-0.3, -0.25) is 9.59 Å². The molecule has 5 nitrogen and oxygen atoms in total. The molecule has 0 aliphatic rings. The molecule has 0 bridgehead atoms. The zero-order valence-corrected chi connectivity index (χ0v) is 9.14. The largest absolute Gasteiger partial charge is 0.358 e. The van der Waals surface area contributed by atoms with Gasteiger partial charge < -0.3 is 10.6 Å². The summed E-state index contributed by atoms with van der Waals surface area (Å²) < 4.78 is 12.8. The molecule has 1 aromatic rings. The van der Waals surface area contributed by atoms with Crippen LogP contribution in [0.1, 0.15) is 10.4 Å². The number of hydrogen-bond donors (Lipinski definition) is 2. The number of rotatable bonds is 3. The topological polar surface area (TPSA) is 71.1 Å². The van der Waals surface area contributed by atoms with Gasteiger partial charge in [0.2, 0.25) is 5.91 Å². The summed E-state index contributed by atoms with van der Waals surface area (Å²) in [6.45, 7) is -0.206. The summed E-state index contributed by atoms with van der Waals surface area (Å²) in [7, 11) is 1.44. The molecule has 0 fully saturated rings. The Morgan fingerprint density at radius 3 is 2.88 bits per heavy atom. The highest BCUT2D eigenvalue weighted by Crippen LogP contribution is 2.13. The molecule has 86 valence electrons. The van der Waals surface area contributed by atoms with Crippen molar-refractivity contribution < 1.29 is 14.0 Å². The minimum Gasteiger partial charge on any atom is -0.358 e. The van der Waals surface area contributed by atoms with E-state index in [1.165, 1.54) is 7.05 Å². The summed E-state index contributed by atoms with van der Waals surface area (Å²) in [6, 6.07) is 0.953. The van der Waals surface area contributed by atoms with Crippen LogP contribution in [-0.2, 0) is 4.79 Å². The average Bonchev–Trinajstić information content (AvgIpc) is 2.28. The Morgan fingerprint density at radius 1 is 1.56 bits per heavy atom. The standard InChI is InChI=1S/C9H9ClFN3O2/c1-12-7(15)4-14-9(16)6-2-5(11)3-13-8(6)10/h2-3H,4H2,1H3,(H,12,15)(H,14,16). The van der Waals surface area contributed by atoms with Crippen LogP contribution < -0.4 is 10.6 Å². The van der Waals surface area contributed by atoms with E-state index < -0.39 is 11.7 Å². The lowest BCUT2D eigenvalue weighted by Crippen LogP contribution is -2.35. The molecule has 2 amide bonds. The van der Waals surface area contributed by atoms with Crippen molar-refractivity contribution in [2.75, 3.05) is 13.6 Å². The summed E-state index contributed by atoms with van der Waals surface area (Å²) in [5.41, 5.74) is -0.106. The molecule has 0 radical (unpaired) electrons. The molecule has 0 saturated heterocycles. The second kappa shape index (κ2) is 5.41. The monoisotopic (exact) mass is 245 g/mol. The van der Waals surface area contributed by atoms with Gasteiger partial charge in [0.05, 0.1) is 18.3 Å². The van der Waals surface area contributed by atoms with Crippen LogP contribution in [0.3, 0.4) is 0 Å². The number of pyridine rings is 1. The molecule has 1 aromatic heterocycles. The van der Waals surface area contributed by atoms with E-state index >= 15 is 0 Å². The molecular weight excluding hydrogens is 237 g/mol. The third-order valence-corrected chi connectivity index (χ3v) is 2.04. The first kappa shape index (κ1) is 12.4. The summed E-state index contributed by atoms with van der Waals surface area (Å²) >= 11 is 5.60. The van der Waals surface area contributed by atoms with Crippen LogP contribution in [-0.4, -0.2) is 30.4 Å². The second-order valence-electron chi connectivity index (χ2n) is 2.85. The van der Waals surface area contributed by atoms with Gasteiger partial charge >= 0.3 is 0 Å². The maximum Gasteiger partial charge on any atom is 0.254 e. The first-order chi connectivity index (χ1) is 7.54. The summed E-state index contributed by atoms with van der Waals surface area (Å²) in [5, 5.41) is 4.48. The fraction of sp³-hybridized carbons (Fsp3) is 0.222. The van der Waals surface area contributed by atoms with E-state index in [0.29, 0.717) is 0 Å². The number of amides is 2. The van der Waals surface area contributed by atoms with Gasteiger partial charge in [0.25, 0.3) is 5.91 Å². The van der Waals surface area contributed by atoms with E-state index in [2.05, 4.69) is 15.6 Å². The van der Waals surface area contributed by atoms with E-state index in [4.69, 9.17) is 11.6 Å². The molecule has 0 atom stereocenters. The van der Waals surface area contributed by atoms with E-state index in [9.17, 15) is 14.0 Å². The summed E-state index contributed by atoms with van der Waals surface area (Å²) in [4.78, 5) is 25.8. The first-order valence-electron chi connectivity index (χ1n) is 4.34. The van der Waals surface area contributed by atoms with Gasteiger partial charge in [0, 0.05) is 7.05 Å². The Bertz CT molecular complexity index is 425. The van der Waals surface area contributed by atoms with Crippen molar-refractivity contribution in [3.05, 3.63) is 28.8 Å². The fourth-order valence-electron chi connectivity index (χ4n) is 0.926. The highest BCUT2D eigenvalue weighted by Gasteiger charge is 2.13. The lowest BCUT2D eigenvalue weighted by Gasteiger charge is -2.05. The van der Waals surface area contributed by atoms with Gasteiger partial charge in [-0.2, -0.15) is 0 Å². The number of likely N-dealkylation sites (N-methyl/N-ethyl adjacent to an activating group) is 1. The first-order valence-corrected chi connectivity index (χ1v) is 4.72. The molecule has 0 aliphatic heterocycles. The van der Waals surface area contributed by atoms with Crippen molar-refractivity contribution in [2.24, 2.45) is 0 Å². The highest BCUT2D eigenvalue weighted by molar-refractivity contribution is 6.32. The maximum absolute atomic E-state index is 12.8. The van der Waals surface area contributed by atoms with Crippen molar-refractivity contribution in [3.63, 3.8) is 0 Å². The molecule has 2 N–H and O–H groups in total. The van der Waals surface area contributed by atoms with Crippen molar-refractivity contribution in [2.45, 2.75) is 0 Å². The van der Waals surface area contributed by atoms with E-state index in [1.807, 2.05) is 0 Å². The van der Waals surface area contributed by atoms with Crippen molar-refractivity contribution >= 4 is 23.4 Å². The van der Waals surface area contributed by atoms with Crippen molar-refractivity contribution in [1.29, 1.82) is 0 Å². The highest BCUT2D eigenvalue weighted by atomic mass is 35.5. The lowest BCUT2D eigenvalue weighted by molar-refractivity contribution is -0.119. The van der Waals surface area contributed by atoms with Crippen LogP contribution in [0.4, 0.5) is 4.39 Å². The Labute approximate surface area is 96.0 Å². The van der Waals surface area contributed by atoms with Crippen LogP contribution in [0.25, 0.3) is 0 Å². The molecular formula is C9H9ClFN3O2. The predicted octanol–water partition coefficient (Wildman–Crippen LogP) is 0.350. The molecule has 1 heterocycles. The van der Waals surface area contributed by atoms with E-state index in [-0.39, 0.29) is 23.2 Å². The van der Waals surface area contributed by atoms with Gasteiger partial charge in [-0.1, -0.05) is 11.6 Å². The number of halogens is 2. The summed E-state index contributed by atoms with van der Waals surface area (Å²) in [6.07, 6.45) is 0.901. The van der Waals surface area contributed by atoms with Gasteiger partial charge in [-0.05, 0) is 6.07 Å². The SMILES string of the molecule is CNC(=O)CNC(=O)c1cc(F)cnc1Cl. The van der Waals surface area contributed by atoms with Crippen LogP contribution in [0.15, 0.2) is 12.3 Å². The van der Waals surface area contributed by atoms with Crippen LogP contribution >= 0.6 is 11.6 Å². The lowest BCUT2D eigenvalue weighted by atomic mass is 10.2. The zero-order chi connectivity index (χ0) is 12.1. The fourth-order valence-corrected chi connectivity index (χ4v) is 1.12. The molecule has 16 heavy (non-hydrogen) atoms. The predicted molar refractivity (Wildman–Crippen MR) is 55.6 cm³/mol. The molecule has 0 aromatic carbocycles. The molecule has 0 unspecified atom stereocenters. The number of nitrogens with zero attached hydrogens (tertiary/aromatic N) is 1. The van der Waals surface area contributed by atoms with Crippen LogP contribution in [0, 0.1) is 5.82 Å². The smallest absolute Gasteiger partial charge is 0.254 e. The van der Waals surface area contributed by atoms with Crippen molar-refractivity contribution in [3.8, 4) is 0 Å². The Hall–Kier alpha value is -1.69. The Balaban J connectivity index is 2.73. The van der Waals surface area contributed by atoms with Gasteiger partial charge in [0.1, 0.15) is 11.0 Å². The minimum absolute atomic E-state index is 0.106. The number of carbonyl (C=O) groups is 2. The third-order valence-electron chi connectivity index (χ3n) is 1.74. The third kappa shape index (κ3) is 3.16. The van der Waals surface area contributed by atoms with E-state index in [1.54, 1.807) is 0 Å². The van der Waals surface area contributed by atoms with Crippen LogP contribution in [0.5, 0.6) is 0 Å². The molecule has 0 saturated carbocycles. The number of nitrogens with one attached hydrogen (secondary N) is 2. The van der Waals surface area contributed by atoms with Gasteiger partial charge in [0.15, 0.2) is 0 Å².